The number of aliphatic hydroxyl groups excluding tert-OH is 1. The fourth-order valence-electron chi connectivity index (χ4n) is 2.37. The molecule has 1 aliphatic rings. The fraction of sp³-hybridized carbons (Fsp3) is 0.538. The predicted octanol–water partition coefficient (Wildman–Crippen LogP) is 2.04. The molecule has 2 nitrogen and oxygen atoms in total. The van der Waals surface area contributed by atoms with E-state index in [4.69, 9.17) is 9.84 Å². The van der Waals surface area contributed by atoms with Crippen LogP contribution in [0.15, 0.2) is 24.3 Å². The van der Waals surface area contributed by atoms with Crippen LogP contribution < -0.4 is 0 Å². The van der Waals surface area contributed by atoms with E-state index in [0.717, 1.165) is 26.1 Å². The zero-order chi connectivity index (χ0) is 10.7. The molecule has 1 fully saturated rings. The molecule has 15 heavy (non-hydrogen) atoms. The summed E-state index contributed by atoms with van der Waals surface area (Å²) in [5.74, 6) is 0. The lowest BCUT2D eigenvalue weighted by atomic mass is 9.73. The Morgan fingerprint density at radius 3 is 2.60 bits per heavy atom. The smallest absolute Gasteiger partial charge is 0.0585 e. The lowest BCUT2D eigenvalue weighted by Crippen LogP contribution is -2.47. The van der Waals surface area contributed by atoms with Crippen LogP contribution in [0.25, 0.3) is 0 Å². The molecular weight excluding hydrogens is 188 g/mol. The Hall–Kier alpha value is -0.860. The Kier molecular flexibility index (Phi) is 3.08. The third-order valence-corrected chi connectivity index (χ3v) is 3.29. The fourth-order valence-corrected chi connectivity index (χ4v) is 2.37. The van der Waals surface area contributed by atoms with Crippen LogP contribution in [-0.2, 0) is 10.2 Å². The standard InChI is InChI=1S/C13H18O2/c1-11-5-2-3-6-12(11)13(7-4-8-14)9-15-10-13/h2-3,5-6,14H,4,7-10H2,1H3. The minimum Gasteiger partial charge on any atom is -0.396 e. The zero-order valence-electron chi connectivity index (χ0n) is 9.20. The lowest BCUT2D eigenvalue weighted by molar-refractivity contribution is -0.0668. The summed E-state index contributed by atoms with van der Waals surface area (Å²) in [6.07, 6.45) is 1.88. The van der Waals surface area contributed by atoms with Gasteiger partial charge in [-0.1, -0.05) is 24.3 Å². The Balaban J connectivity index is 2.22. The van der Waals surface area contributed by atoms with Crippen molar-refractivity contribution in [3.05, 3.63) is 35.4 Å². The van der Waals surface area contributed by atoms with Gasteiger partial charge in [0.05, 0.1) is 13.2 Å². The molecule has 1 N–H and O–H groups in total. The molecular formula is C13H18O2. The molecule has 0 radical (unpaired) electrons. The molecule has 0 amide bonds. The van der Waals surface area contributed by atoms with Crippen molar-refractivity contribution in [3.8, 4) is 0 Å². The van der Waals surface area contributed by atoms with Gasteiger partial charge in [0.2, 0.25) is 0 Å². The highest BCUT2D eigenvalue weighted by molar-refractivity contribution is 5.35. The second-order valence-corrected chi connectivity index (χ2v) is 4.42. The SMILES string of the molecule is Cc1ccccc1C1(CCCO)COC1. The summed E-state index contributed by atoms with van der Waals surface area (Å²) in [6.45, 7) is 4.03. The number of aliphatic hydroxyl groups is 1. The molecule has 0 aliphatic carbocycles. The normalized spacial score (nSPS) is 18.5. The first-order valence-corrected chi connectivity index (χ1v) is 5.53. The zero-order valence-corrected chi connectivity index (χ0v) is 9.20. The first-order valence-electron chi connectivity index (χ1n) is 5.53. The summed E-state index contributed by atoms with van der Waals surface area (Å²) in [6, 6.07) is 8.49. The average Bonchev–Trinajstić information content (AvgIpc) is 2.19. The van der Waals surface area contributed by atoms with Crippen molar-refractivity contribution >= 4 is 0 Å². The van der Waals surface area contributed by atoms with Gasteiger partial charge in [0.15, 0.2) is 0 Å². The van der Waals surface area contributed by atoms with Gasteiger partial charge >= 0.3 is 0 Å². The van der Waals surface area contributed by atoms with Crippen molar-refractivity contribution in [2.75, 3.05) is 19.8 Å². The number of ether oxygens (including phenoxy) is 1. The first kappa shape index (κ1) is 10.7. The third kappa shape index (κ3) is 1.92. The molecule has 0 atom stereocenters. The van der Waals surface area contributed by atoms with Crippen molar-refractivity contribution in [3.63, 3.8) is 0 Å². The van der Waals surface area contributed by atoms with Crippen LogP contribution in [0.3, 0.4) is 0 Å². The average molecular weight is 206 g/mol. The lowest BCUT2D eigenvalue weighted by Gasteiger charge is -2.43. The van der Waals surface area contributed by atoms with Crippen molar-refractivity contribution in [1.82, 2.24) is 0 Å². The Labute approximate surface area is 90.9 Å². The van der Waals surface area contributed by atoms with Gasteiger partial charge in [0.25, 0.3) is 0 Å². The van der Waals surface area contributed by atoms with E-state index >= 15 is 0 Å². The van der Waals surface area contributed by atoms with Gasteiger partial charge in [-0.25, -0.2) is 0 Å². The van der Waals surface area contributed by atoms with Crippen LogP contribution in [0.4, 0.5) is 0 Å². The van der Waals surface area contributed by atoms with Gasteiger partial charge in [0, 0.05) is 12.0 Å². The molecule has 1 aromatic rings. The molecule has 0 unspecified atom stereocenters. The molecule has 82 valence electrons. The summed E-state index contributed by atoms with van der Waals surface area (Å²) < 4.78 is 5.36. The van der Waals surface area contributed by atoms with Crippen molar-refractivity contribution in [2.24, 2.45) is 0 Å². The van der Waals surface area contributed by atoms with E-state index in [1.807, 2.05) is 0 Å². The molecule has 1 saturated heterocycles. The van der Waals surface area contributed by atoms with E-state index < -0.39 is 0 Å². The van der Waals surface area contributed by atoms with Crippen LogP contribution in [0.2, 0.25) is 0 Å². The van der Waals surface area contributed by atoms with Crippen LogP contribution in [0, 0.1) is 6.92 Å². The van der Waals surface area contributed by atoms with Crippen LogP contribution in [0.5, 0.6) is 0 Å². The summed E-state index contributed by atoms with van der Waals surface area (Å²) in [5.41, 5.74) is 2.90. The van der Waals surface area contributed by atoms with E-state index in [1.165, 1.54) is 11.1 Å². The highest BCUT2D eigenvalue weighted by atomic mass is 16.5. The maximum absolute atomic E-state index is 8.92. The van der Waals surface area contributed by atoms with Crippen molar-refractivity contribution < 1.29 is 9.84 Å². The number of rotatable bonds is 4. The minimum atomic E-state index is 0.175. The van der Waals surface area contributed by atoms with Crippen LogP contribution in [0.1, 0.15) is 24.0 Å². The molecule has 0 bridgehead atoms. The summed E-state index contributed by atoms with van der Waals surface area (Å²) in [5, 5.41) is 8.92. The van der Waals surface area contributed by atoms with E-state index in [2.05, 4.69) is 31.2 Å². The molecule has 1 aromatic carbocycles. The number of benzene rings is 1. The third-order valence-electron chi connectivity index (χ3n) is 3.29. The van der Waals surface area contributed by atoms with Gasteiger partial charge in [-0.05, 0) is 30.9 Å². The number of hydrogen-bond acceptors (Lipinski definition) is 2. The minimum absolute atomic E-state index is 0.175. The summed E-state index contributed by atoms with van der Waals surface area (Å²) in [4.78, 5) is 0. The predicted molar refractivity (Wildman–Crippen MR) is 60.0 cm³/mol. The second kappa shape index (κ2) is 4.33. The molecule has 1 heterocycles. The monoisotopic (exact) mass is 206 g/mol. The van der Waals surface area contributed by atoms with Crippen molar-refractivity contribution in [1.29, 1.82) is 0 Å². The number of hydrogen-bond donors (Lipinski definition) is 1. The quantitative estimate of drug-likeness (QED) is 0.817. The molecule has 0 aromatic heterocycles. The molecule has 2 heteroatoms. The van der Waals surface area contributed by atoms with E-state index in [-0.39, 0.29) is 12.0 Å². The maximum Gasteiger partial charge on any atom is 0.0585 e. The Bertz CT molecular complexity index is 329. The van der Waals surface area contributed by atoms with Gasteiger partial charge in [0.1, 0.15) is 0 Å². The topological polar surface area (TPSA) is 29.5 Å². The highest BCUT2D eigenvalue weighted by Gasteiger charge is 2.40. The van der Waals surface area contributed by atoms with Crippen LogP contribution >= 0.6 is 0 Å². The van der Waals surface area contributed by atoms with Gasteiger partial charge in [-0.3, -0.25) is 0 Å². The van der Waals surface area contributed by atoms with Gasteiger partial charge in [-0.15, -0.1) is 0 Å². The molecule has 0 saturated carbocycles. The van der Waals surface area contributed by atoms with E-state index in [0.29, 0.717) is 0 Å². The van der Waals surface area contributed by atoms with Crippen LogP contribution in [-0.4, -0.2) is 24.9 Å². The molecule has 1 aliphatic heterocycles. The summed E-state index contributed by atoms with van der Waals surface area (Å²) >= 11 is 0. The Morgan fingerprint density at radius 2 is 2.07 bits per heavy atom. The molecule has 0 spiro atoms. The highest BCUT2D eigenvalue weighted by Crippen LogP contribution is 2.38. The van der Waals surface area contributed by atoms with Gasteiger partial charge < -0.3 is 9.84 Å². The first-order chi connectivity index (χ1) is 7.28. The number of aryl methyl sites for hydroxylation is 1. The Morgan fingerprint density at radius 1 is 1.33 bits per heavy atom. The molecule has 2 rings (SSSR count). The van der Waals surface area contributed by atoms with E-state index in [9.17, 15) is 0 Å². The largest absolute Gasteiger partial charge is 0.396 e. The maximum atomic E-state index is 8.92. The van der Waals surface area contributed by atoms with Gasteiger partial charge in [-0.2, -0.15) is 0 Å². The van der Waals surface area contributed by atoms with Crippen molar-refractivity contribution in [2.45, 2.75) is 25.2 Å². The summed E-state index contributed by atoms with van der Waals surface area (Å²) in [7, 11) is 0. The second-order valence-electron chi connectivity index (χ2n) is 4.42. The van der Waals surface area contributed by atoms with E-state index in [1.54, 1.807) is 0 Å².